The number of rotatable bonds is 5. The number of aromatic nitrogens is 1. The Bertz CT molecular complexity index is 795. The van der Waals surface area contributed by atoms with Gasteiger partial charge in [-0.3, -0.25) is 0 Å². The number of pyridine rings is 1. The van der Waals surface area contributed by atoms with Crippen molar-refractivity contribution in [2.24, 2.45) is 0 Å². The van der Waals surface area contributed by atoms with Crippen LogP contribution in [0.4, 0.5) is 0 Å². The van der Waals surface area contributed by atoms with Crippen LogP contribution in [0.2, 0.25) is 5.15 Å². The van der Waals surface area contributed by atoms with Crippen LogP contribution in [0.25, 0.3) is 11.1 Å². The Hall–Kier alpha value is -2.25. The number of hydrogen-bond acceptors (Lipinski definition) is 4. The van der Waals surface area contributed by atoms with Gasteiger partial charge in [0.25, 0.3) is 0 Å². The van der Waals surface area contributed by atoms with Crippen molar-refractivity contribution in [3.63, 3.8) is 0 Å². The maximum Gasteiger partial charge on any atom is 0.168 e. The van der Waals surface area contributed by atoms with Crippen LogP contribution in [0.5, 0.6) is 11.5 Å². The zero-order valence-electron chi connectivity index (χ0n) is 13.8. The molecule has 1 aliphatic carbocycles. The molecule has 0 amide bonds. The molecular formula is C19H19ClN2O2. The molecule has 0 N–H and O–H groups in total. The minimum Gasteiger partial charge on any atom is -0.493 e. The number of benzene rings is 1. The topological polar surface area (TPSA) is 55.1 Å². The van der Waals surface area contributed by atoms with E-state index in [9.17, 15) is 5.26 Å². The molecule has 1 fully saturated rings. The van der Waals surface area contributed by atoms with Gasteiger partial charge < -0.3 is 9.47 Å². The van der Waals surface area contributed by atoms with E-state index in [1.54, 1.807) is 26.5 Å². The Morgan fingerprint density at radius 2 is 2.00 bits per heavy atom. The summed E-state index contributed by atoms with van der Waals surface area (Å²) in [5, 5.41) is 9.67. The molecule has 2 aromatic rings. The number of methoxy groups -OCH3 is 2. The Kier molecular flexibility index (Phi) is 4.92. The minimum atomic E-state index is 0.345. The fourth-order valence-corrected chi connectivity index (χ4v) is 3.45. The maximum absolute atomic E-state index is 9.26. The van der Waals surface area contributed by atoms with Gasteiger partial charge in [0, 0.05) is 17.3 Å². The minimum absolute atomic E-state index is 0.345. The second-order valence-corrected chi connectivity index (χ2v) is 6.28. The van der Waals surface area contributed by atoms with Crippen LogP contribution in [-0.4, -0.2) is 19.2 Å². The first-order valence-electron chi connectivity index (χ1n) is 7.96. The third kappa shape index (κ3) is 2.92. The van der Waals surface area contributed by atoms with Crippen molar-refractivity contribution < 1.29 is 9.47 Å². The Labute approximate surface area is 147 Å². The molecule has 5 heteroatoms. The van der Waals surface area contributed by atoms with Crippen molar-refractivity contribution in [3.05, 3.63) is 40.7 Å². The highest BCUT2D eigenvalue weighted by atomic mass is 35.5. The van der Waals surface area contributed by atoms with Crippen molar-refractivity contribution in [3.8, 4) is 28.7 Å². The predicted octanol–water partition coefficient (Wildman–Crippen LogP) is 4.75. The highest BCUT2D eigenvalue weighted by Crippen LogP contribution is 2.50. The molecule has 0 aliphatic heterocycles. The van der Waals surface area contributed by atoms with Gasteiger partial charge in [0.1, 0.15) is 5.15 Å². The van der Waals surface area contributed by atoms with E-state index in [0.717, 1.165) is 40.8 Å². The first kappa shape index (κ1) is 16.6. The van der Waals surface area contributed by atoms with Crippen LogP contribution in [0, 0.1) is 11.3 Å². The zero-order chi connectivity index (χ0) is 17.1. The molecule has 1 aliphatic rings. The van der Waals surface area contributed by atoms with E-state index in [2.05, 4.69) is 11.1 Å². The number of halogens is 1. The van der Waals surface area contributed by atoms with Crippen molar-refractivity contribution in [2.45, 2.75) is 31.6 Å². The average molecular weight is 343 g/mol. The van der Waals surface area contributed by atoms with Crippen LogP contribution < -0.4 is 9.47 Å². The van der Waals surface area contributed by atoms with E-state index in [1.165, 1.54) is 6.42 Å². The van der Waals surface area contributed by atoms with Gasteiger partial charge in [-0.2, -0.15) is 5.26 Å². The van der Waals surface area contributed by atoms with Gasteiger partial charge in [-0.1, -0.05) is 18.0 Å². The smallest absolute Gasteiger partial charge is 0.168 e. The van der Waals surface area contributed by atoms with Crippen LogP contribution in [0.15, 0.2) is 24.4 Å². The van der Waals surface area contributed by atoms with Crippen molar-refractivity contribution >= 4 is 11.6 Å². The van der Waals surface area contributed by atoms with Gasteiger partial charge in [0.05, 0.1) is 26.7 Å². The SMILES string of the molecule is COc1c(-c2ccnc(Cl)c2)cc(CC#N)c(C2CCC2)c1OC. The molecular weight excluding hydrogens is 324 g/mol. The molecule has 1 saturated carbocycles. The molecule has 0 atom stereocenters. The van der Waals surface area contributed by atoms with Crippen LogP contribution >= 0.6 is 11.6 Å². The molecule has 0 radical (unpaired) electrons. The molecule has 0 saturated heterocycles. The zero-order valence-corrected chi connectivity index (χ0v) is 14.6. The molecule has 0 spiro atoms. The van der Waals surface area contributed by atoms with E-state index in [4.69, 9.17) is 21.1 Å². The second-order valence-electron chi connectivity index (χ2n) is 5.89. The van der Waals surface area contributed by atoms with Gasteiger partial charge in [-0.15, -0.1) is 0 Å². The number of nitriles is 1. The third-order valence-corrected chi connectivity index (χ3v) is 4.80. The largest absolute Gasteiger partial charge is 0.493 e. The number of hydrogen-bond donors (Lipinski definition) is 0. The lowest BCUT2D eigenvalue weighted by Gasteiger charge is -2.30. The molecule has 0 unspecified atom stereocenters. The normalized spacial score (nSPS) is 13.9. The molecule has 24 heavy (non-hydrogen) atoms. The third-order valence-electron chi connectivity index (χ3n) is 4.59. The summed E-state index contributed by atoms with van der Waals surface area (Å²) >= 11 is 6.04. The van der Waals surface area contributed by atoms with Gasteiger partial charge in [0.15, 0.2) is 11.5 Å². The van der Waals surface area contributed by atoms with Gasteiger partial charge in [-0.05, 0) is 48.1 Å². The van der Waals surface area contributed by atoms with Crippen LogP contribution in [0.3, 0.4) is 0 Å². The number of nitrogens with zero attached hydrogens (tertiary/aromatic N) is 2. The van der Waals surface area contributed by atoms with E-state index in [-0.39, 0.29) is 0 Å². The highest BCUT2D eigenvalue weighted by molar-refractivity contribution is 6.29. The predicted molar refractivity (Wildman–Crippen MR) is 93.7 cm³/mol. The van der Waals surface area contributed by atoms with Crippen molar-refractivity contribution in [2.75, 3.05) is 14.2 Å². The van der Waals surface area contributed by atoms with Crippen molar-refractivity contribution in [1.29, 1.82) is 5.26 Å². The molecule has 124 valence electrons. The van der Waals surface area contributed by atoms with Gasteiger partial charge in [0.2, 0.25) is 0 Å². The summed E-state index contributed by atoms with van der Waals surface area (Å²) in [4.78, 5) is 4.03. The fourth-order valence-electron chi connectivity index (χ4n) is 3.27. The summed E-state index contributed by atoms with van der Waals surface area (Å²) in [6, 6.07) is 7.97. The van der Waals surface area contributed by atoms with E-state index in [1.807, 2.05) is 12.1 Å². The lowest BCUT2D eigenvalue weighted by Crippen LogP contribution is -2.14. The quantitative estimate of drug-likeness (QED) is 0.735. The first-order chi connectivity index (χ1) is 11.7. The van der Waals surface area contributed by atoms with Gasteiger partial charge in [-0.25, -0.2) is 4.98 Å². The second kappa shape index (κ2) is 7.11. The Morgan fingerprint density at radius 3 is 2.54 bits per heavy atom. The van der Waals surface area contributed by atoms with E-state index in [0.29, 0.717) is 23.2 Å². The number of ether oxygens (including phenoxy) is 2. The Morgan fingerprint density at radius 1 is 1.25 bits per heavy atom. The van der Waals surface area contributed by atoms with Crippen LogP contribution in [0.1, 0.15) is 36.3 Å². The first-order valence-corrected chi connectivity index (χ1v) is 8.34. The van der Waals surface area contributed by atoms with E-state index < -0.39 is 0 Å². The molecule has 1 aromatic carbocycles. The summed E-state index contributed by atoms with van der Waals surface area (Å²) in [6.07, 6.45) is 5.46. The monoisotopic (exact) mass is 342 g/mol. The molecule has 1 heterocycles. The lowest BCUT2D eigenvalue weighted by atomic mass is 9.76. The van der Waals surface area contributed by atoms with Crippen LogP contribution in [-0.2, 0) is 6.42 Å². The summed E-state index contributed by atoms with van der Waals surface area (Å²) in [5.74, 6) is 1.86. The van der Waals surface area contributed by atoms with Crippen molar-refractivity contribution in [1.82, 2.24) is 4.98 Å². The summed E-state index contributed by atoms with van der Waals surface area (Å²) in [6.45, 7) is 0. The summed E-state index contributed by atoms with van der Waals surface area (Å²) in [5.41, 5.74) is 3.88. The fraction of sp³-hybridized carbons (Fsp3) is 0.368. The summed E-state index contributed by atoms with van der Waals surface area (Å²) < 4.78 is 11.4. The average Bonchev–Trinajstić information content (AvgIpc) is 2.54. The molecule has 3 rings (SSSR count). The molecule has 1 aromatic heterocycles. The standard InChI is InChI=1S/C19H19ClN2O2/c1-23-18-15(13-7-9-22-16(20)11-13)10-14(6-8-21)17(19(18)24-2)12-4-3-5-12/h7,9-12H,3-6H2,1-2H3. The lowest BCUT2D eigenvalue weighted by molar-refractivity contribution is 0.337. The highest BCUT2D eigenvalue weighted by Gasteiger charge is 2.29. The Balaban J connectivity index is 2.26. The maximum atomic E-state index is 9.26. The molecule has 0 bridgehead atoms. The summed E-state index contributed by atoms with van der Waals surface area (Å²) in [7, 11) is 3.29. The van der Waals surface area contributed by atoms with Gasteiger partial charge >= 0.3 is 0 Å². The molecule has 4 nitrogen and oxygen atoms in total. The van der Waals surface area contributed by atoms with E-state index >= 15 is 0 Å².